The summed E-state index contributed by atoms with van der Waals surface area (Å²) in [4.78, 5) is 0.311. The van der Waals surface area contributed by atoms with Crippen molar-refractivity contribution in [2.75, 3.05) is 6.26 Å². The minimum Gasteiger partial charge on any atom is -0.224 e. The van der Waals surface area contributed by atoms with Gasteiger partial charge in [0.05, 0.1) is 4.90 Å². The monoisotopic (exact) mass is 267 g/mol. The lowest BCUT2D eigenvalue weighted by molar-refractivity contribution is 0.600. The second-order valence-electron chi connectivity index (χ2n) is 4.85. The van der Waals surface area contributed by atoms with Gasteiger partial charge >= 0.3 is 0 Å². The highest BCUT2D eigenvalue weighted by molar-refractivity contribution is 7.90. The van der Waals surface area contributed by atoms with E-state index in [4.69, 9.17) is 0 Å². The average molecular weight is 267 g/mol. The summed E-state index contributed by atoms with van der Waals surface area (Å²) >= 11 is 0. The molecule has 3 heteroatoms. The van der Waals surface area contributed by atoms with Crippen molar-refractivity contribution in [2.24, 2.45) is 0 Å². The zero-order chi connectivity index (χ0) is 13.4. The van der Waals surface area contributed by atoms with Gasteiger partial charge in [-0.2, -0.15) is 0 Å². The quantitative estimate of drug-likeness (QED) is 0.671. The minimum absolute atomic E-state index is 0.311. The zero-order valence-electron chi connectivity index (χ0n) is 11.4. The van der Waals surface area contributed by atoms with E-state index in [0.29, 0.717) is 4.90 Å². The largest absolute Gasteiger partial charge is 0.224 e. The summed E-state index contributed by atoms with van der Waals surface area (Å²) in [6.07, 6.45) is 9.74. The standard InChI is InChI=1S/C15H23O2S/c1-3-4-5-6-7-8-10-14-11-9-12-15(13-14)18(2,16)17/h9,11,13H,3-8,10H2,1-2H3. The summed E-state index contributed by atoms with van der Waals surface area (Å²) in [5.41, 5.74) is 1.10. The maximum atomic E-state index is 11.4. The van der Waals surface area contributed by atoms with Gasteiger partial charge in [-0.3, -0.25) is 0 Å². The Morgan fingerprint density at radius 3 is 2.44 bits per heavy atom. The molecule has 0 amide bonds. The summed E-state index contributed by atoms with van der Waals surface area (Å²) in [6, 6.07) is 8.20. The van der Waals surface area contributed by atoms with E-state index in [1.807, 2.05) is 6.07 Å². The molecule has 0 atom stereocenters. The van der Waals surface area contributed by atoms with E-state index >= 15 is 0 Å². The lowest BCUT2D eigenvalue weighted by atomic mass is 10.1. The van der Waals surface area contributed by atoms with Gasteiger partial charge in [0.15, 0.2) is 9.84 Å². The molecule has 2 nitrogen and oxygen atoms in total. The predicted octanol–water partition coefficient (Wildman–Crippen LogP) is 3.79. The third-order valence-electron chi connectivity index (χ3n) is 3.06. The van der Waals surface area contributed by atoms with Gasteiger partial charge < -0.3 is 0 Å². The Hall–Kier alpha value is -0.830. The third-order valence-corrected chi connectivity index (χ3v) is 4.09. The Balaban J connectivity index is 2.39. The third kappa shape index (κ3) is 5.67. The summed E-state index contributed by atoms with van der Waals surface area (Å²) in [5, 5.41) is 0. The van der Waals surface area contributed by atoms with Gasteiger partial charge in [-0.1, -0.05) is 51.2 Å². The number of unbranched alkanes of at least 4 members (excludes halogenated alkanes) is 5. The van der Waals surface area contributed by atoms with Gasteiger partial charge in [0.2, 0.25) is 0 Å². The fourth-order valence-corrected chi connectivity index (χ4v) is 2.62. The molecule has 0 aliphatic heterocycles. The van der Waals surface area contributed by atoms with Crippen molar-refractivity contribution in [3.8, 4) is 0 Å². The Morgan fingerprint density at radius 1 is 1.11 bits per heavy atom. The molecule has 0 bridgehead atoms. The molecule has 0 aliphatic rings. The number of sulfone groups is 1. The SMILES string of the molecule is CCCCCCCCc1cc[c]c(S(C)(=O)=O)c1. The van der Waals surface area contributed by atoms with Crippen LogP contribution in [0.1, 0.15) is 51.0 Å². The number of hydrogen-bond acceptors (Lipinski definition) is 2. The van der Waals surface area contributed by atoms with Crippen LogP contribution in [0.15, 0.2) is 23.1 Å². The van der Waals surface area contributed by atoms with Crippen LogP contribution in [0.2, 0.25) is 0 Å². The minimum atomic E-state index is -3.12. The molecule has 1 aromatic rings. The van der Waals surface area contributed by atoms with Crippen LogP contribution in [0.5, 0.6) is 0 Å². The van der Waals surface area contributed by atoms with Crippen LogP contribution in [0, 0.1) is 6.07 Å². The summed E-state index contributed by atoms with van der Waals surface area (Å²) in [5.74, 6) is 0. The van der Waals surface area contributed by atoms with Crippen molar-refractivity contribution in [2.45, 2.75) is 56.8 Å². The first kappa shape index (κ1) is 15.2. The number of benzene rings is 1. The predicted molar refractivity (Wildman–Crippen MR) is 75.5 cm³/mol. The molecule has 0 spiro atoms. The van der Waals surface area contributed by atoms with Gasteiger partial charge in [0, 0.05) is 12.3 Å². The van der Waals surface area contributed by atoms with Gasteiger partial charge in [0.25, 0.3) is 0 Å². The molecular formula is C15H23O2S. The Kier molecular flexibility index (Phi) is 6.41. The molecule has 0 N–H and O–H groups in total. The van der Waals surface area contributed by atoms with E-state index in [0.717, 1.165) is 18.4 Å². The van der Waals surface area contributed by atoms with Crippen LogP contribution >= 0.6 is 0 Å². The molecule has 1 rings (SSSR count). The molecule has 18 heavy (non-hydrogen) atoms. The van der Waals surface area contributed by atoms with Crippen LogP contribution in [-0.4, -0.2) is 14.7 Å². The highest BCUT2D eigenvalue weighted by atomic mass is 32.2. The van der Waals surface area contributed by atoms with Gasteiger partial charge in [0.1, 0.15) is 0 Å². The lowest BCUT2D eigenvalue weighted by Crippen LogP contribution is -1.98. The summed E-state index contributed by atoms with van der Waals surface area (Å²) < 4.78 is 22.8. The molecule has 1 aromatic carbocycles. The van der Waals surface area contributed by atoms with E-state index in [2.05, 4.69) is 13.0 Å². The van der Waals surface area contributed by atoms with E-state index in [1.165, 1.54) is 38.4 Å². The normalized spacial score (nSPS) is 11.7. The number of aryl methyl sites for hydroxylation is 1. The molecule has 0 aromatic heterocycles. The van der Waals surface area contributed by atoms with E-state index in [-0.39, 0.29) is 0 Å². The topological polar surface area (TPSA) is 34.1 Å². The molecule has 0 aliphatic carbocycles. The van der Waals surface area contributed by atoms with Crippen LogP contribution in [0.25, 0.3) is 0 Å². The highest BCUT2D eigenvalue weighted by Crippen LogP contribution is 2.14. The van der Waals surface area contributed by atoms with Crippen LogP contribution < -0.4 is 0 Å². The van der Waals surface area contributed by atoms with Crippen LogP contribution in [0.3, 0.4) is 0 Å². The van der Waals surface area contributed by atoms with E-state index in [1.54, 1.807) is 12.1 Å². The van der Waals surface area contributed by atoms with Crippen LogP contribution in [-0.2, 0) is 16.3 Å². The fraction of sp³-hybridized carbons (Fsp3) is 0.600. The van der Waals surface area contributed by atoms with Crippen molar-refractivity contribution in [3.05, 3.63) is 29.8 Å². The molecule has 0 unspecified atom stereocenters. The van der Waals surface area contributed by atoms with Crippen molar-refractivity contribution in [1.29, 1.82) is 0 Å². The van der Waals surface area contributed by atoms with Crippen molar-refractivity contribution in [3.63, 3.8) is 0 Å². The maximum Gasteiger partial charge on any atom is 0.176 e. The zero-order valence-corrected chi connectivity index (χ0v) is 12.2. The molecular weight excluding hydrogens is 244 g/mol. The first-order valence-corrected chi connectivity index (χ1v) is 8.64. The smallest absolute Gasteiger partial charge is 0.176 e. The highest BCUT2D eigenvalue weighted by Gasteiger charge is 2.07. The van der Waals surface area contributed by atoms with E-state index in [9.17, 15) is 8.42 Å². The van der Waals surface area contributed by atoms with Gasteiger partial charge in [-0.05, 0) is 24.5 Å². The molecule has 0 saturated heterocycles. The van der Waals surface area contributed by atoms with Crippen LogP contribution in [0.4, 0.5) is 0 Å². The summed E-state index contributed by atoms with van der Waals surface area (Å²) in [6.45, 7) is 2.22. The Labute approximate surface area is 111 Å². The Morgan fingerprint density at radius 2 is 1.78 bits per heavy atom. The van der Waals surface area contributed by atoms with Gasteiger partial charge in [-0.25, -0.2) is 8.42 Å². The molecule has 1 radical (unpaired) electrons. The first-order chi connectivity index (χ1) is 8.54. The molecule has 101 valence electrons. The molecule has 0 heterocycles. The Bertz CT molecular complexity index is 449. The lowest BCUT2D eigenvalue weighted by Gasteiger charge is -2.04. The van der Waals surface area contributed by atoms with E-state index < -0.39 is 9.84 Å². The van der Waals surface area contributed by atoms with Gasteiger partial charge in [-0.15, -0.1) is 0 Å². The average Bonchev–Trinajstić information content (AvgIpc) is 2.33. The van der Waals surface area contributed by atoms with Crippen molar-refractivity contribution in [1.82, 2.24) is 0 Å². The number of hydrogen-bond donors (Lipinski definition) is 0. The second-order valence-corrected chi connectivity index (χ2v) is 6.84. The fourth-order valence-electron chi connectivity index (χ4n) is 1.97. The summed E-state index contributed by atoms with van der Waals surface area (Å²) in [7, 11) is -3.12. The van der Waals surface area contributed by atoms with Crippen molar-refractivity contribution < 1.29 is 8.42 Å². The number of rotatable bonds is 8. The van der Waals surface area contributed by atoms with Crippen molar-refractivity contribution >= 4 is 9.84 Å². The first-order valence-electron chi connectivity index (χ1n) is 6.74. The molecule has 0 saturated carbocycles. The maximum absolute atomic E-state index is 11.4. The molecule has 0 fully saturated rings. The second kappa shape index (κ2) is 7.57.